The maximum absolute atomic E-state index is 10.9. The normalized spacial score (nSPS) is 9.77. The number of carbonyl (C=O) groups is 2. The average Bonchev–Trinajstić information content (AvgIpc) is 2.04. The molecular weight excluding hydrogens is 186 g/mol. The van der Waals surface area contributed by atoms with Crippen molar-refractivity contribution in [3.63, 3.8) is 0 Å². The molecule has 0 aliphatic heterocycles. The molecule has 5 heteroatoms. The second kappa shape index (κ2) is 7.79. The second-order valence-electron chi connectivity index (χ2n) is 3.20. The van der Waals surface area contributed by atoms with Crippen LogP contribution in [0.2, 0.25) is 19.1 Å². The Morgan fingerprint density at radius 1 is 1.54 bits per heavy atom. The molecular formula is C8H17NO3Si. The Kier molecular flexibility index (Phi) is 7.28. The van der Waals surface area contributed by atoms with E-state index in [2.05, 4.69) is 18.4 Å². The van der Waals surface area contributed by atoms with E-state index in [0.29, 0.717) is 19.6 Å². The van der Waals surface area contributed by atoms with Crippen LogP contribution in [0.4, 0.5) is 4.79 Å². The molecule has 0 atom stereocenters. The molecule has 4 nitrogen and oxygen atoms in total. The second-order valence-corrected chi connectivity index (χ2v) is 6.57. The summed E-state index contributed by atoms with van der Waals surface area (Å²) in [6.45, 7) is 5.26. The number of amides is 1. The van der Waals surface area contributed by atoms with E-state index in [1.54, 1.807) is 0 Å². The van der Waals surface area contributed by atoms with Gasteiger partial charge in [0.05, 0.1) is 6.61 Å². The highest BCUT2D eigenvalue weighted by Gasteiger charge is 2.01. The summed E-state index contributed by atoms with van der Waals surface area (Å²) in [7, 11) is -0.624. The van der Waals surface area contributed by atoms with Gasteiger partial charge in [0.1, 0.15) is 6.29 Å². The molecule has 0 aliphatic rings. The van der Waals surface area contributed by atoms with Crippen LogP contribution in [0, 0.1) is 0 Å². The van der Waals surface area contributed by atoms with Crippen LogP contribution >= 0.6 is 0 Å². The first-order valence-corrected chi connectivity index (χ1v) is 7.63. The molecule has 0 heterocycles. The lowest BCUT2D eigenvalue weighted by Crippen LogP contribution is -2.26. The monoisotopic (exact) mass is 203 g/mol. The van der Waals surface area contributed by atoms with Crippen molar-refractivity contribution in [2.45, 2.75) is 25.6 Å². The molecule has 0 spiro atoms. The van der Waals surface area contributed by atoms with Gasteiger partial charge in [-0.05, 0) is 6.04 Å². The number of carbonyl (C=O) groups excluding carboxylic acids is 2. The van der Waals surface area contributed by atoms with Crippen LogP contribution in [0.3, 0.4) is 0 Å². The van der Waals surface area contributed by atoms with Crippen molar-refractivity contribution in [1.82, 2.24) is 5.32 Å². The van der Waals surface area contributed by atoms with E-state index in [4.69, 9.17) is 4.74 Å². The molecule has 0 bridgehead atoms. The quantitative estimate of drug-likeness (QED) is 0.394. The Bertz CT molecular complexity index is 161. The molecule has 1 amide bonds. The molecule has 0 radical (unpaired) electrons. The lowest BCUT2D eigenvalue weighted by Gasteiger charge is -2.06. The van der Waals surface area contributed by atoms with Crippen molar-refractivity contribution < 1.29 is 14.3 Å². The largest absolute Gasteiger partial charge is 0.450 e. The summed E-state index contributed by atoms with van der Waals surface area (Å²) >= 11 is 0. The molecule has 0 fully saturated rings. The predicted octanol–water partition coefficient (Wildman–Crippen LogP) is 0.788. The summed E-state index contributed by atoms with van der Waals surface area (Å²) in [4.78, 5) is 20.8. The Morgan fingerprint density at radius 2 is 2.23 bits per heavy atom. The number of ether oxygens (including phenoxy) is 1. The Morgan fingerprint density at radius 3 is 2.77 bits per heavy atom. The van der Waals surface area contributed by atoms with Crippen molar-refractivity contribution in [3.8, 4) is 0 Å². The summed E-state index contributed by atoms with van der Waals surface area (Å²) in [5.41, 5.74) is 0. The van der Waals surface area contributed by atoms with E-state index in [1.807, 2.05) is 0 Å². The molecule has 1 N–H and O–H groups in total. The van der Waals surface area contributed by atoms with Crippen molar-refractivity contribution in [2.24, 2.45) is 0 Å². The number of aldehydes is 1. The van der Waals surface area contributed by atoms with E-state index in [1.165, 1.54) is 0 Å². The third-order valence-corrected chi connectivity index (χ3v) is 2.85. The lowest BCUT2D eigenvalue weighted by atomic mass is 10.5. The minimum Gasteiger partial charge on any atom is -0.450 e. The highest BCUT2D eigenvalue weighted by Crippen LogP contribution is 1.91. The topological polar surface area (TPSA) is 55.4 Å². The van der Waals surface area contributed by atoms with Crippen LogP contribution in [0.1, 0.15) is 6.42 Å². The molecule has 0 saturated heterocycles. The zero-order valence-electron chi connectivity index (χ0n) is 8.21. The first-order valence-electron chi connectivity index (χ1n) is 4.51. The minimum atomic E-state index is -0.624. The smallest absolute Gasteiger partial charge is 0.407 e. The van der Waals surface area contributed by atoms with Crippen molar-refractivity contribution >= 4 is 21.2 Å². The number of nitrogens with one attached hydrogen (secondary N) is 1. The lowest BCUT2D eigenvalue weighted by molar-refractivity contribution is -0.107. The molecule has 0 saturated carbocycles. The third-order valence-electron chi connectivity index (χ3n) is 1.46. The molecule has 76 valence electrons. The van der Waals surface area contributed by atoms with Gasteiger partial charge < -0.3 is 14.8 Å². The van der Waals surface area contributed by atoms with Gasteiger partial charge in [-0.1, -0.05) is 13.1 Å². The van der Waals surface area contributed by atoms with Crippen molar-refractivity contribution in [3.05, 3.63) is 0 Å². The number of hydrogen-bond acceptors (Lipinski definition) is 3. The predicted molar refractivity (Wildman–Crippen MR) is 53.7 cm³/mol. The molecule has 13 heavy (non-hydrogen) atoms. The first kappa shape index (κ1) is 12.2. The van der Waals surface area contributed by atoms with Crippen LogP contribution in [0.25, 0.3) is 0 Å². The van der Waals surface area contributed by atoms with Gasteiger partial charge >= 0.3 is 6.09 Å². The van der Waals surface area contributed by atoms with Crippen LogP contribution in [0.15, 0.2) is 0 Å². The van der Waals surface area contributed by atoms with Gasteiger partial charge in [-0.25, -0.2) is 4.79 Å². The highest BCUT2D eigenvalue weighted by molar-refractivity contribution is 6.55. The molecule has 0 aromatic heterocycles. The SMILES string of the molecule is C[SiH](C)CCOC(=O)NCCC=O. The number of alkyl carbamates (subject to hydrolysis) is 1. The number of rotatable bonds is 6. The summed E-state index contributed by atoms with van der Waals surface area (Å²) in [5, 5.41) is 2.48. The van der Waals surface area contributed by atoms with Gasteiger partial charge in [-0.3, -0.25) is 0 Å². The minimum absolute atomic E-state index is 0.341. The zero-order chi connectivity index (χ0) is 10.1. The molecule has 0 aliphatic carbocycles. The van der Waals surface area contributed by atoms with E-state index in [9.17, 15) is 9.59 Å². The van der Waals surface area contributed by atoms with Crippen LogP contribution in [-0.4, -0.2) is 34.3 Å². The highest BCUT2D eigenvalue weighted by atomic mass is 28.3. The van der Waals surface area contributed by atoms with Gasteiger partial charge in [0.2, 0.25) is 0 Å². The maximum Gasteiger partial charge on any atom is 0.407 e. The Balaban J connectivity index is 3.25. The maximum atomic E-state index is 10.9. The fraction of sp³-hybridized carbons (Fsp3) is 0.750. The van der Waals surface area contributed by atoms with Gasteiger partial charge in [0.15, 0.2) is 0 Å². The Hall–Kier alpha value is -0.843. The molecule has 0 aromatic rings. The zero-order valence-corrected chi connectivity index (χ0v) is 9.36. The summed E-state index contributed by atoms with van der Waals surface area (Å²) in [6.07, 6.45) is 0.687. The third kappa shape index (κ3) is 9.07. The molecule has 0 aromatic carbocycles. The van der Waals surface area contributed by atoms with Gasteiger partial charge in [-0.15, -0.1) is 0 Å². The van der Waals surface area contributed by atoms with Crippen molar-refractivity contribution in [2.75, 3.05) is 13.2 Å². The summed E-state index contributed by atoms with van der Waals surface area (Å²) in [6, 6.07) is 1.00. The van der Waals surface area contributed by atoms with E-state index in [0.717, 1.165) is 12.3 Å². The van der Waals surface area contributed by atoms with Gasteiger partial charge in [0, 0.05) is 21.8 Å². The van der Waals surface area contributed by atoms with E-state index < -0.39 is 14.9 Å². The van der Waals surface area contributed by atoms with Crippen LogP contribution in [0.5, 0.6) is 0 Å². The summed E-state index contributed by atoms with van der Waals surface area (Å²) in [5.74, 6) is 0. The molecule has 0 rings (SSSR count). The van der Waals surface area contributed by atoms with Crippen molar-refractivity contribution in [1.29, 1.82) is 0 Å². The fourth-order valence-electron chi connectivity index (χ4n) is 0.672. The number of hydrogen-bond donors (Lipinski definition) is 1. The summed E-state index contributed by atoms with van der Waals surface area (Å²) < 4.78 is 4.87. The van der Waals surface area contributed by atoms with Crippen LogP contribution < -0.4 is 5.32 Å². The first-order chi connectivity index (χ1) is 6.16. The Labute approximate surface area is 80.3 Å². The fourth-order valence-corrected chi connectivity index (χ4v) is 1.26. The van der Waals surface area contributed by atoms with Gasteiger partial charge in [0.25, 0.3) is 0 Å². The van der Waals surface area contributed by atoms with Gasteiger partial charge in [-0.2, -0.15) is 0 Å². The average molecular weight is 203 g/mol. The standard InChI is InChI=1S/C8H17NO3Si/c1-13(2)7-6-12-8(11)9-4-3-5-10/h5,13H,3-4,6-7H2,1-2H3,(H,9,11). The van der Waals surface area contributed by atoms with E-state index in [-0.39, 0.29) is 0 Å². The molecule has 0 unspecified atom stereocenters. The van der Waals surface area contributed by atoms with Crippen LogP contribution in [-0.2, 0) is 9.53 Å². The van der Waals surface area contributed by atoms with E-state index >= 15 is 0 Å².